The van der Waals surface area contributed by atoms with E-state index in [0.717, 1.165) is 64.0 Å². The van der Waals surface area contributed by atoms with Gasteiger partial charge < -0.3 is 20.1 Å². The van der Waals surface area contributed by atoms with Crippen LogP contribution in [0.4, 0.5) is 5.69 Å². The highest BCUT2D eigenvalue weighted by Crippen LogP contribution is 2.27. The van der Waals surface area contributed by atoms with Crippen LogP contribution in [-0.4, -0.2) is 53.4 Å². The second kappa shape index (κ2) is 11.5. The molecule has 2 aromatic rings. The standard InChI is InChI=1S/C28H37N3O3/c1-27(2,3)34-26(32)24-9-11-25(12-10-24)30-17-4-14-28(33)15-19-31(20-16-28)18-13-22-5-7-23(21-29)8-6-22/h5-12,30,33H,4,13-20H2,1-3H3. The van der Waals surface area contributed by atoms with Crippen molar-refractivity contribution in [1.82, 2.24) is 4.90 Å². The van der Waals surface area contributed by atoms with E-state index in [4.69, 9.17) is 10.00 Å². The van der Waals surface area contributed by atoms with Crippen molar-refractivity contribution in [2.45, 2.75) is 64.1 Å². The second-order valence-corrected chi connectivity index (χ2v) is 10.2. The summed E-state index contributed by atoms with van der Waals surface area (Å²) < 4.78 is 5.39. The number of nitrogens with zero attached hydrogens (tertiary/aromatic N) is 2. The van der Waals surface area contributed by atoms with Gasteiger partial charge in [0.25, 0.3) is 0 Å². The number of benzene rings is 2. The van der Waals surface area contributed by atoms with Crippen LogP contribution in [0.2, 0.25) is 0 Å². The van der Waals surface area contributed by atoms with Crippen LogP contribution in [0.3, 0.4) is 0 Å². The molecular weight excluding hydrogens is 426 g/mol. The first-order valence-corrected chi connectivity index (χ1v) is 12.2. The fourth-order valence-corrected chi connectivity index (χ4v) is 4.19. The molecule has 0 unspecified atom stereocenters. The summed E-state index contributed by atoms with van der Waals surface area (Å²) in [5, 5.41) is 23.3. The summed E-state index contributed by atoms with van der Waals surface area (Å²) in [6, 6.07) is 17.3. The monoisotopic (exact) mass is 463 g/mol. The largest absolute Gasteiger partial charge is 0.456 e. The highest BCUT2D eigenvalue weighted by Gasteiger charge is 2.31. The molecule has 0 amide bonds. The maximum Gasteiger partial charge on any atom is 0.338 e. The third-order valence-electron chi connectivity index (χ3n) is 6.25. The number of ether oxygens (including phenoxy) is 1. The molecule has 0 atom stereocenters. The molecule has 0 saturated carbocycles. The van der Waals surface area contributed by atoms with Crippen LogP contribution in [0.25, 0.3) is 0 Å². The number of carbonyl (C=O) groups excluding carboxylic acids is 1. The molecule has 0 aromatic heterocycles. The van der Waals surface area contributed by atoms with Gasteiger partial charge in [0.2, 0.25) is 0 Å². The number of anilines is 1. The van der Waals surface area contributed by atoms with Crippen molar-refractivity contribution in [3.8, 4) is 6.07 Å². The third-order valence-corrected chi connectivity index (χ3v) is 6.25. The topological polar surface area (TPSA) is 85.6 Å². The Morgan fingerprint density at radius 3 is 2.35 bits per heavy atom. The van der Waals surface area contributed by atoms with Gasteiger partial charge in [-0.3, -0.25) is 0 Å². The molecule has 3 rings (SSSR count). The summed E-state index contributed by atoms with van der Waals surface area (Å²) in [7, 11) is 0. The number of hydrogen-bond acceptors (Lipinski definition) is 6. The highest BCUT2D eigenvalue weighted by molar-refractivity contribution is 5.90. The van der Waals surface area contributed by atoms with Gasteiger partial charge in [-0.2, -0.15) is 5.26 Å². The molecule has 6 heteroatoms. The van der Waals surface area contributed by atoms with Crippen molar-refractivity contribution in [3.63, 3.8) is 0 Å². The van der Waals surface area contributed by atoms with Gasteiger partial charge in [-0.05, 0) is 94.8 Å². The van der Waals surface area contributed by atoms with Crippen LogP contribution in [-0.2, 0) is 11.2 Å². The summed E-state index contributed by atoms with van der Waals surface area (Å²) in [5.41, 5.74) is 2.34. The molecule has 0 aliphatic carbocycles. The van der Waals surface area contributed by atoms with Crippen molar-refractivity contribution in [3.05, 3.63) is 65.2 Å². The van der Waals surface area contributed by atoms with Crippen LogP contribution in [0.1, 0.15) is 67.9 Å². The van der Waals surface area contributed by atoms with Gasteiger partial charge in [-0.15, -0.1) is 0 Å². The number of esters is 1. The summed E-state index contributed by atoms with van der Waals surface area (Å²) in [6.45, 7) is 9.14. The van der Waals surface area contributed by atoms with E-state index < -0.39 is 11.2 Å². The molecule has 0 spiro atoms. The summed E-state index contributed by atoms with van der Waals surface area (Å²) >= 11 is 0. The van der Waals surface area contributed by atoms with Crippen molar-refractivity contribution >= 4 is 11.7 Å². The van der Waals surface area contributed by atoms with Gasteiger partial charge >= 0.3 is 5.97 Å². The quantitative estimate of drug-likeness (QED) is 0.411. The van der Waals surface area contributed by atoms with E-state index in [2.05, 4.69) is 16.3 Å². The summed E-state index contributed by atoms with van der Waals surface area (Å²) in [6.07, 6.45) is 4.21. The summed E-state index contributed by atoms with van der Waals surface area (Å²) in [5.74, 6) is -0.315. The average Bonchev–Trinajstić information content (AvgIpc) is 2.81. The van der Waals surface area contributed by atoms with Crippen molar-refractivity contribution in [1.29, 1.82) is 5.26 Å². The molecule has 1 saturated heterocycles. The van der Waals surface area contributed by atoms with Crippen molar-refractivity contribution in [2.75, 3.05) is 31.5 Å². The molecule has 1 aliphatic rings. The van der Waals surface area contributed by atoms with E-state index in [-0.39, 0.29) is 5.97 Å². The molecule has 2 aromatic carbocycles. The number of rotatable bonds is 9. The Kier molecular flexibility index (Phi) is 8.71. The van der Waals surface area contributed by atoms with E-state index >= 15 is 0 Å². The fraction of sp³-hybridized carbons (Fsp3) is 0.500. The van der Waals surface area contributed by atoms with Gasteiger partial charge in [0.15, 0.2) is 0 Å². The maximum absolute atomic E-state index is 12.1. The molecule has 1 fully saturated rings. The Balaban J connectivity index is 1.34. The molecule has 34 heavy (non-hydrogen) atoms. The molecule has 1 heterocycles. The fourth-order valence-electron chi connectivity index (χ4n) is 4.19. The number of aliphatic hydroxyl groups is 1. The van der Waals surface area contributed by atoms with E-state index in [0.29, 0.717) is 11.1 Å². The van der Waals surface area contributed by atoms with Gasteiger partial charge in [0.1, 0.15) is 5.60 Å². The van der Waals surface area contributed by atoms with Gasteiger partial charge in [-0.25, -0.2) is 4.79 Å². The molecule has 2 N–H and O–H groups in total. The van der Waals surface area contributed by atoms with Crippen LogP contribution in [0.5, 0.6) is 0 Å². The van der Waals surface area contributed by atoms with Crippen LogP contribution >= 0.6 is 0 Å². The lowest BCUT2D eigenvalue weighted by atomic mass is 9.87. The molecule has 6 nitrogen and oxygen atoms in total. The lowest BCUT2D eigenvalue weighted by Gasteiger charge is -2.38. The molecule has 182 valence electrons. The van der Waals surface area contributed by atoms with E-state index in [9.17, 15) is 9.90 Å². The zero-order valence-electron chi connectivity index (χ0n) is 20.6. The number of likely N-dealkylation sites (tertiary alicyclic amines) is 1. The Morgan fingerprint density at radius 1 is 1.12 bits per heavy atom. The zero-order valence-corrected chi connectivity index (χ0v) is 20.6. The number of nitrogens with one attached hydrogen (secondary N) is 1. The highest BCUT2D eigenvalue weighted by atomic mass is 16.6. The second-order valence-electron chi connectivity index (χ2n) is 10.2. The van der Waals surface area contributed by atoms with E-state index in [1.54, 1.807) is 12.1 Å². The number of piperidine rings is 1. The molecule has 0 radical (unpaired) electrons. The Bertz CT molecular complexity index is 964. The maximum atomic E-state index is 12.1. The zero-order chi connectivity index (χ0) is 24.6. The normalized spacial score (nSPS) is 16.0. The number of carbonyl (C=O) groups is 1. The molecule has 1 aliphatic heterocycles. The first kappa shape index (κ1) is 25.7. The first-order valence-electron chi connectivity index (χ1n) is 12.2. The van der Waals surface area contributed by atoms with Gasteiger partial charge in [-0.1, -0.05) is 12.1 Å². The third kappa shape index (κ3) is 8.16. The molecule has 0 bridgehead atoms. The van der Waals surface area contributed by atoms with Gasteiger partial charge in [0, 0.05) is 31.9 Å². The predicted octanol–water partition coefficient (Wildman–Crippen LogP) is 4.78. The summed E-state index contributed by atoms with van der Waals surface area (Å²) in [4.78, 5) is 14.5. The lowest BCUT2D eigenvalue weighted by molar-refractivity contribution is -0.0279. The van der Waals surface area contributed by atoms with E-state index in [1.807, 2.05) is 57.2 Å². The SMILES string of the molecule is CC(C)(C)OC(=O)c1ccc(NCCCC2(O)CCN(CCc3ccc(C#N)cc3)CC2)cc1. The average molecular weight is 464 g/mol. The van der Waals surface area contributed by atoms with Crippen LogP contribution < -0.4 is 5.32 Å². The Hall–Kier alpha value is -2.88. The van der Waals surface area contributed by atoms with Crippen molar-refractivity contribution in [2.24, 2.45) is 0 Å². The first-order chi connectivity index (χ1) is 16.2. The predicted molar refractivity (Wildman–Crippen MR) is 135 cm³/mol. The minimum atomic E-state index is -0.590. The van der Waals surface area contributed by atoms with E-state index in [1.165, 1.54) is 5.56 Å². The van der Waals surface area contributed by atoms with Crippen LogP contribution in [0.15, 0.2) is 48.5 Å². The van der Waals surface area contributed by atoms with Crippen LogP contribution in [0, 0.1) is 11.3 Å². The van der Waals surface area contributed by atoms with Gasteiger partial charge in [0.05, 0.1) is 22.8 Å². The Morgan fingerprint density at radius 2 is 1.76 bits per heavy atom. The Labute approximate surface area is 203 Å². The minimum absolute atomic E-state index is 0.315. The smallest absolute Gasteiger partial charge is 0.338 e. The molecular formula is C28H37N3O3. The number of hydrogen-bond donors (Lipinski definition) is 2. The van der Waals surface area contributed by atoms with Crippen molar-refractivity contribution < 1.29 is 14.6 Å². The minimum Gasteiger partial charge on any atom is -0.456 e. The lowest BCUT2D eigenvalue weighted by Crippen LogP contribution is -2.45. The number of nitriles is 1.